The molecular weight excluding hydrogens is 250 g/mol. The second kappa shape index (κ2) is 3.46. The molecule has 74 valence electrons. The zero-order chi connectivity index (χ0) is 10.3. The lowest BCUT2D eigenvalue weighted by Crippen LogP contribution is -2.05. The van der Waals surface area contributed by atoms with Crippen LogP contribution in [0.25, 0.3) is 11.1 Å². The van der Waals surface area contributed by atoms with Crippen LogP contribution in [-0.4, -0.2) is 4.98 Å². The van der Waals surface area contributed by atoms with Crippen LogP contribution in [0.1, 0.15) is 11.3 Å². The molecular formula is C13H10BrN. The van der Waals surface area contributed by atoms with Crippen molar-refractivity contribution in [2.45, 2.75) is 12.8 Å². The fourth-order valence-corrected chi connectivity index (χ4v) is 2.58. The standard InChI is InChI=1S/C13H10BrN/c14-10-4-5-11-9(8-10)3-6-13-12(11)2-1-7-15-13/h1-2,4-5,7-8H,3,6H2. The number of pyridine rings is 1. The molecule has 0 aliphatic heterocycles. The summed E-state index contributed by atoms with van der Waals surface area (Å²) < 4.78 is 1.16. The van der Waals surface area contributed by atoms with Crippen LogP contribution >= 0.6 is 15.9 Å². The number of hydrogen-bond acceptors (Lipinski definition) is 1. The molecule has 2 heteroatoms. The molecule has 0 spiro atoms. The SMILES string of the molecule is Brc1ccc2c(c1)CCc1ncccc1-2. The van der Waals surface area contributed by atoms with Crippen molar-refractivity contribution in [1.29, 1.82) is 0 Å². The highest BCUT2D eigenvalue weighted by molar-refractivity contribution is 9.10. The van der Waals surface area contributed by atoms with Crippen LogP contribution in [0.4, 0.5) is 0 Å². The summed E-state index contributed by atoms with van der Waals surface area (Å²) in [5.74, 6) is 0. The molecule has 3 rings (SSSR count). The predicted octanol–water partition coefficient (Wildman–Crippen LogP) is 3.61. The molecule has 1 aromatic heterocycles. The average molecular weight is 260 g/mol. The summed E-state index contributed by atoms with van der Waals surface area (Å²) in [5, 5.41) is 0. The van der Waals surface area contributed by atoms with E-state index in [1.54, 1.807) is 0 Å². The monoisotopic (exact) mass is 259 g/mol. The molecule has 1 aromatic carbocycles. The van der Waals surface area contributed by atoms with E-state index in [0.717, 1.165) is 17.3 Å². The van der Waals surface area contributed by atoms with E-state index in [0.29, 0.717) is 0 Å². The molecule has 2 aromatic rings. The van der Waals surface area contributed by atoms with Crippen LogP contribution in [0.3, 0.4) is 0 Å². The Bertz CT molecular complexity index is 520. The highest BCUT2D eigenvalue weighted by atomic mass is 79.9. The van der Waals surface area contributed by atoms with E-state index >= 15 is 0 Å². The summed E-state index contributed by atoms with van der Waals surface area (Å²) in [4.78, 5) is 4.43. The van der Waals surface area contributed by atoms with Crippen molar-refractivity contribution >= 4 is 15.9 Å². The normalized spacial score (nSPS) is 13.1. The molecule has 1 nitrogen and oxygen atoms in total. The molecule has 0 radical (unpaired) electrons. The molecule has 1 aliphatic carbocycles. The Kier molecular flexibility index (Phi) is 2.10. The summed E-state index contributed by atoms with van der Waals surface area (Å²) in [7, 11) is 0. The Labute approximate surface area is 97.3 Å². The van der Waals surface area contributed by atoms with E-state index in [9.17, 15) is 0 Å². The van der Waals surface area contributed by atoms with Crippen LogP contribution < -0.4 is 0 Å². The van der Waals surface area contributed by atoms with Gasteiger partial charge in [-0.1, -0.05) is 28.1 Å². The Balaban J connectivity index is 2.26. The van der Waals surface area contributed by atoms with E-state index in [4.69, 9.17) is 0 Å². The largest absolute Gasteiger partial charge is 0.261 e. The molecule has 0 unspecified atom stereocenters. The van der Waals surface area contributed by atoms with E-state index in [1.807, 2.05) is 12.3 Å². The highest BCUT2D eigenvalue weighted by Gasteiger charge is 2.15. The molecule has 0 atom stereocenters. The molecule has 15 heavy (non-hydrogen) atoms. The molecule has 0 bridgehead atoms. The first-order valence-electron chi connectivity index (χ1n) is 5.07. The zero-order valence-corrected chi connectivity index (χ0v) is 9.79. The minimum absolute atomic E-state index is 1.06. The summed E-state index contributed by atoms with van der Waals surface area (Å²) in [6.07, 6.45) is 4.03. The van der Waals surface area contributed by atoms with E-state index in [-0.39, 0.29) is 0 Å². The highest BCUT2D eigenvalue weighted by Crippen LogP contribution is 2.33. The Morgan fingerprint density at radius 2 is 2.00 bits per heavy atom. The van der Waals surface area contributed by atoms with Gasteiger partial charge in [0.1, 0.15) is 0 Å². The van der Waals surface area contributed by atoms with Gasteiger partial charge in [0.25, 0.3) is 0 Å². The summed E-state index contributed by atoms with van der Waals surface area (Å²) >= 11 is 3.51. The number of benzene rings is 1. The molecule has 0 saturated heterocycles. The summed E-state index contributed by atoms with van der Waals surface area (Å²) in [6, 6.07) is 10.7. The summed E-state index contributed by atoms with van der Waals surface area (Å²) in [5.41, 5.74) is 5.29. The number of nitrogens with zero attached hydrogens (tertiary/aromatic N) is 1. The van der Waals surface area contributed by atoms with E-state index in [1.165, 1.54) is 22.4 Å². The van der Waals surface area contributed by atoms with Gasteiger partial charge in [-0.3, -0.25) is 4.98 Å². The van der Waals surface area contributed by atoms with Gasteiger partial charge in [0.2, 0.25) is 0 Å². The second-order valence-corrected chi connectivity index (χ2v) is 4.71. The third-order valence-electron chi connectivity index (χ3n) is 2.88. The fourth-order valence-electron chi connectivity index (χ4n) is 2.17. The summed E-state index contributed by atoms with van der Waals surface area (Å²) in [6.45, 7) is 0. The maximum absolute atomic E-state index is 4.43. The average Bonchev–Trinajstić information content (AvgIpc) is 2.28. The van der Waals surface area contributed by atoms with Crippen LogP contribution in [0, 0.1) is 0 Å². The number of halogens is 1. The van der Waals surface area contributed by atoms with Gasteiger partial charge in [0, 0.05) is 21.9 Å². The second-order valence-electron chi connectivity index (χ2n) is 3.80. The maximum Gasteiger partial charge on any atom is 0.0485 e. The third-order valence-corrected chi connectivity index (χ3v) is 3.37. The number of aryl methyl sites for hydroxylation is 2. The first-order chi connectivity index (χ1) is 7.34. The topological polar surface area (TPSA) is 12.9 Å². The number of rotatable bonds is 0. The van der Waals surface area contributed by atoms with Gasteiger partial charge in [-0.05, 0) is 42.2 Å². The maximum atomic E-state index is 4.43. The molecule has 0 saturated carbocycles. The van der Waals surface area contributed by atoms with Crippen molar-refractivity contribution in [2.75, 3.05) is 0 Å². The Morgan fingerprint density at radius 1 is 1.07 bits per heavy atom. The van der Waals surface area contributed by atoms with E-state index in [2.05, 4.69) is 45.2 Å². The lowest BCUT2D eigenvalue weighted by atomic mass is 9.89. The van der Waals surface area contributed by atoms with Gasteiger partial charge in [0.05, 0.1) is 0 Å². The first-order valence-corrected chi connectivity index (χ1v) is 5.86. The van der Waals surface area contributed by atoms with Gasteiger partial charge in [0.15, 0.2) is 0 Å². The van der Waals surface area contributed by atoms with Gasteiger partial charge >= 0.3 is 0 Å². The molecule has 0 N–H and O–H groups in total. The molecule has 1 heterocycles. The van der Waals surface area contributed by atoms with Crippen molar-refractivity contribution in [1.82, 2.24) is 4.98 Å². The minimum atomic E-state index is 1.06. The third kappa shape index (κ3) is 1.49. The fraction of sp³-hybridized carbons (Fsp3) is 0.154. The van der Waals surface area contributed by atoms with Crippen molar-refractivity contribution in [2.24, 2.45) is 0 Å². The van der Waals surface area contributed by atoms with Gasteiger partial charge < -0.3 is 0 Å². The number of aromatic nitrogens is 1. The van der Waals surface area contributed by atoms with Crippen molar-refractivity contribution in [3.8, 4) is 11.1 Å². The smallest absolute Gasteiger partial charge is 0.0485 e. The molecule has 1 aliphatic rings. The molecule has 0 amide bonds. The van der Waals surface area contributed by atoms with Crippen molar-refractivity contribution in [3.63, 3.8) is 0 Å². The predicted molar refractivity (Wildman–Crippen MR) is 64.8 cm³/mol. The number of fused-ring (bicyclic) bond motifs is 3. The van der Waals surface area contributed by atoms with Gasteiger partial charge in [-0.25, -0.2) is 0 Å². The van der Waals surface area contributed by atoms with E-state index < -0.39 is 0 Å². The lowest BCUT2D eigenvalue weighted by molar-refractivity contribution is 0.895. The van der Waals surface area contributed by atoms with Gasteiger partial charge in [-0.2, -0.15) is 0 Å². The lowest BCUT2D eigenvalue weighted by Gasteiger charge is -2.18. The van der Waals surface area contributed by atoms with Crippen LogP contribution in [0.5, 0.6) is 0 Å². The number of hydrogen-bond donors (Lipinski definition) is 0. The Morgan fingerprint density at radius 3 is 2.93 bits per heavy atom. The van der Waals surface area contributed by atoms with Gasteiger partial charge in [-0.15, -0.1) is 0 Å². The van der Waals surface area contributed by atoms with Crippen molar-refractivity contribution in [3.05, 3.63) is 52.3 Å². The van der Waals surface area contributed by atoms with Crippen LogP contribution in [-0.2, 0) is 12.8 Å². The first kappa shape index (κ1) is 9.10. The van der Waals surface area contributed by atoms with Crippen molar-refractivity contribution < 1.29 is 0 Å². The quantitative estimate of drug-likeness (QED) is 0.705. The van der Waals surface area contributed by atoms with Crippen LogP contribution in [0.15, 0.2) is 41.0 Å². The van der Waals surface area contributed by atoms with Crippen LogP contribution in [0.2, 0.25) is 0 Å². The molecule has 0 fully saturated rings. The minimum Gasteiger partial charge on any atom is -0.261 e. The zero-order valence-electron chi connectivity index (χ0n) is 8.20. The Hall–Kier alpha value is -1.15.